The summed E-state index contributed by atoms with van der Waals surface area (Å²) in [6.45, 7) is 0. The van der Waals surface area contributed by atoms with Gasteiger partial charge in [-0.05, 0) is 12.0 Å². The van der Waals surface area contributed by atoms with Gasteiger partial charge in [0.1, 0.15) is 0 Å². The van der Waals surface area contributed by atoms with Gasteiger partial charge < -0.3 is 10.4 Å². The van der Waals surface area contributed by atoms with Gasteiger partial charge in [-0.15, -0.1) is 0 Å². The predicted octanol–water partition coefficient (Wildman–Crippen LogP) is 1.99. The molecule has 7 nitrogen and oxygen atoms in total. The standard InChI is InChI=1S/C12H11N3O4/c13-5-4-9-7-12(9,14-11(16)17)8-2-1-3-10(6-8)15(18)19/h1-3,6,9,14H,4,7H2,(H,16,17). The molecule has 1 fully saturated rings. The van der Waals surface area contributed by atoms with Gasteiger partial charge in [0.15, 0.2) is 0 Å². The normalized spacial score (nSPS) is 24.3. The lowest BCUT2D eigenvalue weighted by Crippen LogP contribution is -2.35. The molecule has 1 aromatic carbocycles. The molecule has 0 bridgehead atoms. The maximum atomic E-state index is 10.9. The van der Waals surface area contributed by atoms with E-state index in [9.17, 15) is 14.9 Å². The number of hydrogen-bond donors (Lipinski definition) is 2. The third kappa shape index (κ3) is 2.33. The first-order valence-electron chi connectivity index (χ1n) is 5.62. The Morgan fingerprint density at radius 3 is 3.00 bits per heavy atom. The molecule has 98 valence electrons. The highest BCUT2D eigenvalue weighted by atomic mass is 16.6. The molecule has 1 saturated carbocycles. The van der Waals surface area contributed by atoms with E-state index in [1.165, 1.54) is 18.2 Å². The fourth-order valence-corrected chi connectivity index (χ4v) is 2.35. The van der Waals surface area contributed by atoms with Crippen LogP contribution in [-0.4, -0.2) is 16.1 Å². The number of amides is 1. The molecule has 0 radical (unpaired) electrons. The van der Waals surface area contributed by atoms with Crippen molar-refractivity contribution in [2.45, 2.75) is 18.4 Å². The molecule has 1 aromatic rings. The summed E-state index contributed by atoms with van der Waals surface area (Å²) in [5.41, 5.74) is -0.427. The van der Waals surface area contributed by atoms with E-state index in [-0.39, 0.29) is 18.0 Å². The number of nitriles is 1. The Labute approximate surface area is 108 Å². The summed E-state index contributed by atoms with van der Waals surface area (Å²) >= 11 is 0. The second-order valence-electron chi connectivity index (χ2n) is 4.47. The van der Waals surface area contributed by atoms with Crippen LogP contribution in [0.1, 0.15) is 18.4 Å². The van der Waals surface area contributed by atoms with Gasteiger partial charge in [-0.3, -0.25) is 10.1 Å². The van der Waals surface area contributed by atoms with Gasteiger partial charge in [-0.25, -0.2) is 4.79 Å². The van der Waals surface area contributed by atoms with Crippen molar-refractivity contribution in [3.8, 4) is 6.07 Å². The average molecular weight is 261 g/mol. The molecule has 2 atom stereocenters. The van der Waals surface area contributed by atoms with Gasteiger partial charge in [0.05, 0.1) is 16.5 Å². The molecule has 1 aliphatic carbocycles. The minimum atomic E-state index is -1.20. The van der Waals surface area contributed by atoms with Crippen LogP contribution in [0, 0.1) is 27.4 Å². The number of nitro groups is 1. The first kappa shape index (κ1) is 12.8. The predicted molar refractivity (Wildman–Crippen MR) is 64.3 cm³/mol. The van der Waals surface area contributed by atoms with Gasteiger partial charge in [0, 0.05) is 24.5 Å². The second-order valence-corrected chi connectivity index (χ2v) is 4.47. The molecule has 19 heavy (non-hydrogen) atoms. The first-order valence-corrected chi connectivity index (χ1v) is 5.62. The Balaban J connectivity index is 2.35. The summed E-state index contributed by atoms with van der Waals surface area (Å²) in [6, 6.07) is 7.85. The number of benzene rings is 1. The van der Waals surface area contributed by atoms with Crippen LogP contribution in [0.4, 0.5) is 10.5 Å². The van der Waals surface area contributed by atoms with Crippen molar-refractivity contribution in [1.82, 2.24) is 5.32 Å². The minimum Gasteiger partial charge on any atom is -0.465 e. The van der Waals surface area contributed by atoms with Crippen molar-refractivity contribution >= 4 is 11.8 Å². The molecular weight excluding hydrogens is 250 g/mol. The zero-order valence-electron chi connectivity index (χ0n) is 9.87. The van der Waals surface area contributed by atoms with Crippen LogP contribution in [0.5, 0.6) is 0 Å². The smallest absolute Gasteiger partial charge is 0.405 e. The number of hydrogen-bond acceptors (Lipinski definition) is 4. The van der Waals surface area contributed by atoms with Crippen LogP contribution >= 0.6 is 0 Å². The molecule has 1 aliphatic rings. The molecule has 2 unspecified atom stereocenters. The summed E-state index contributed by atoms with van der Waals surface area (Å²) < 4.78 is 0. The molecule has 2 rings (SSSR count). The summed E-state index contributed by atoms with van der Waals surface area (Å²) in [5.74, 6) is -0.143. The fourth-order valence-electron chi connectivity index (χ4n) is 2.35. The summed E-state index contributed by atoms with van der Waals surface area (Å²) in [7, 11) is 0. The minimum absolute atomic E-state index is 0.0910. The number of non-ortho nitro benzene ring substituents is 1. The lowest BCUT2D eigenvalue weighted by molar-refractivity contribution is -0.385. The maximum Gasteiger partial charge on any atom is 0.405 e. The van der Waals surface area contributed by atoms with E-state index >= 15 is 0 Å². The van der Waals surface area contributed by atoms with E-state index < -0.39 is 16.6 Å². The molecule has 7 heteroatoms. The second kappa shape index (κ2) is 4.57. The van der Waals surface area contributed by atoms with E-state index in [1.807, 2.05) is 6.07 Å². The summed E-state index contributed by atoms with van der Waals surface area (Å²) in [4.78, 5) is 21.1. The van der Waals surface area contributed by atoms with Crippen LogP contribution in [0.3, 0.4) is 0 Å². The molecule has 0 spiro atoms. The molecule has 0 saturated heterocycles. The van der Waals surface area contributed by atoms with Gasteiger partial charge in [-0.1, -0.05) is 12.1 Å². The van der Waals surface area contributed by atoms with Crippen LogP contribution in [0.15, 0.2) is 24.3 Å². The van der Waals surface area contributed by atoms with Crippen LogP contribution < -0.4 is 5.32 Å². The average Bonchev–Trinajstić information content (AvgIpc) is 3.03. The third-order valence-corrected chi connectivity index (χ3v) is 3.34. The van der Waals surface area contributed by atoms with Crippen LogP contribution in [-0.2, 0) is 5.54 Å². The maximum absolute atomic E-state index is 10.9. The summed E-state index contributed by atoms with van der Waals surface area (Å²) in [5, 5.41) is 30.7. The van der Waals surface area contributed by atoms with E-state index in [4.69, 9.17) is 10.4 Å². The van der Waals surface area contributed by atoms with Crippen molar-refractivity contribution in [2.75, 3.05) is 0 Å². The third-order valence-electron chi connectivity index (χ3n) is 3.34. The van der Waals surface area contributed by atoms with Crippen LogP contribution in [0.2, 0.25) is 0 Å². The zero-order chi connectivity index (χ0) is 14.0. The number of nitrogens with one attached hydrogen (secondary N) is 1. The molecule has 0 heterocycles. The SMILES string of the molecule is N#CCC1CC1(NC(=O)O)c1cccc([N+](=O)[O-])c1. The highest BCUT2D eigenvalue weighted by molar-refractivity contribution is 5.67. The Bertz CT molecular complexity index is 581. The number of carboxylic acid groups (broad SMARTS) is 1. The Morgan fingerprint density at radius 2 is 2.42 bits per heavy atom. The van der Waals surface area contributed by atoms with E-state index in [2.05, 4.69) is 5.32 Å². The Hall–Kier alpha value is -2.62. The van der Waals surface area contributed by atoms with Crippen molar-refractivity contribution in [1.29, 1.82) is 5.26 Å². The van der Waals surface area contributed by atoms with Crippen molar-refractivity contribution in [2.24, 2.45) is 5.92 Å². The molecule has 2 N–H and O–H groups in total. The number of nitrogens with zero attached hydrogens (tertiary/aromatic N) is 2. The Morgan fingerprint density at radius 1 is 1.68 bits per heavy atom. The Kier molecular flexibility index (Phi) is 3.09. The van der Waals surface area contributed by atoms with Gasteiger partial charge in [-0.2, -0.15) is 5.26 Å². The largest absolute Gasteiger partial charge is 0.465 e. The number of rotatable bonds is 4. The molecular formula is C12H11N3O4. The lowest BCUT2D eigenvalue weighted by atomic mass is 10.0. The molecule has 0 aliphatic heterocycles. The monoisotopic (exact) mass is 261 g/mol. The van der Waals surface area contributed by atoms with Gasteiger partial charge in [0.2, 0.25) is 0 Å². The highest BCUT2D eigenvalue weighted by Gasteiger charge is 2.56. The fraction of sp³-hybridized carbons (Fsp3) is 0.333. The topological polar surface area (TPSA) is 116 Å². The van der Waals surface area contributed by atoms with Crippen molar-refractivity contribution in [3.05, 3.63) is 39.9 Å². The lowest BCUT2D eigenvalue weighted by Gasteiger charge is -2.17. The highest BCUT2D eigenvalue weighted by Crippen LogP contribution is 2.54. The van der Waals surface area contributed by atoms with E-state index in [0.717, 1.165) is 0 Å². The quantitative estimate of drug-likeness (QED) is 0.635. The first-order chi connectivity index (χ1) is 8.99. The van der Waals surface area contributed by atoms with Crippen molar-refractivity contribution in [3.63, 3.8) is 0 Å². The van der Waals surface area contributed by atoms with Gasteiger partial charge >= 0.3 is 6.09 Å². The van der Waals surface area contributed by atoms with E-state index in [1.54, 1.807) is 6.07 Å². The molecule has 0 aromatic heterocycles. The van der Waals surface area contributed by atoms with Crippen LogP contribution in [0.25, 0.3) is 0 Å². The molecule has 1 amide bonds. The van der Waals surface area contributed by atoms with E-state index in [0.29, 0.717) is 12.0 Å². The van der Waals surface area contributed by atoms with Gasteiger partial charge in [0.25, 0.3) is 5.69 Å². The number of nitro benzene ring substituents is 1. The van der Waals surface area contributed by atoms with Crippen molar-refractivity contribution < 1.29 is 14.8 Å². The number of carbonyl (C=O) groups is 1. The summed E-state index contributed by atoms with van der Waals surface area (Å²) in [6.07, 6.45) is -0.510. The zero-order valence-corrected chi connectivity index (χ0v) is 9.87.